The molecule has 0 saturated carbocycles. The maximum absolute atomic E-state index is 10.0. The molecule has 1 aliphatic heterocycles. The van der Waals surface area contributed by atoms with Crippen molar-refractivity contribution in [2.75, 3.05) is 18.9 Å². The zero-order valence-corrected chi connectivity index (χ0v) is 16.1. The van der Waals surface area contributed by atoms with Crippen LogP contribution < -0.4 is 15.9 Å². The van der Waals surface area contributed by atoms with E-state index in [-0.39, 0.29) is 0 Å². The van der Waals surface area contributed by atoms with Gasteiger partial charge in [-0.2, -0.15) is 0 Å². The molecule has 1 unspecified atom stereocenters. The third kappa shape index (κ3) is 3.98. The molecule has 0 spiro atoms. The molecule has 1 saturated heterocycles. The van der Waals surface area contributed by atoms with E-state index in [1.54, 1.807) is 19.1 Å². The summed E-state index contributed by atoms with van der Waals surface area (Å²) in [5.41, 5.74) is 10.4. The van der Waals surface area contributed by atoms with E-state index in [0.29, 0.717) is 18.4 Å². The van der Waals surface area contributed by atoms with Crippen molar-refractivity contribution in [2.45, 2.75) is 32.2 Å². The Morgan fingerprint density at radius 3 is 2.93 bits per heavy atom. The van der Waals surface area contributed by atoms with E-state index in [0.717, 1.165) is 59.1 Å². The van der Waals surface area contributed by atoms with Gasteiger partial charge < -0.3 is 20.2 Å². The van der Waals surface area contributed by atoms with Crippen LogP contribution in [0.2, 0.25) is 6.82 Å². The molecule has 0 aliphatic carbocycles. The monoisotopic (exact) mass is 376 g/mol. The predicted molar refractivity (Wildman–Crippen MR) is 114 cm³/mol. The third-order valence-corrected chi connectivity index (χ3v) is 5.29. The van der Waals surface area contributed by atoms with Gasteiger partial charge in [0.15, 0.2) is 0 Å². The molecule has 3 N–H and O–H groups in total. The van der Waals surface area contributed by atoms with Crippen LogP contribution in [0.1, 0.15) is 19.3 Å². The molecule has 6 heteroatoms. The third-order valence-electron chi connectivity index (χ3n) is 5.29. The van der Waals surface area contributed by atoms with Gasteiger partial charge in [0.2, 0.25) is 0 Å². The first kappa shape index (κ1) is 18.8. The molecule has 0 radical (unpaired) electrons. The zero-order valence-electron chi connectivity index (χ0n) is 16.1. The molecule has 1 aromatic heterocycles. The molecular weight excluding hydrogens is 351 g/mol. The maximum Gasteiger partial charge on any atom is 0.320 e. The number of nitrogen functional groups attached to an aromatic ring is 1. The second kappa shape index (κ2) is 8.21. The summed E-state index contributed by atoms with van der Waals surface area (Å²) < 4.78 is 11.8. The Kier molecular flexibility index (Phi) is 5.51. The van der Waals surface area contributed by atoms with Gasteiger partial charge in [-0.25, -0.2) is 0 Å². The summed E-state index contributed by atoms with van der Waals surface area (Å²) in [6, 6.07) is 13.7. The quantitative estimate of drug-likeness (QED) is 0.646. The second-order valence-electron chi connectivity index (χ2n) is 7.34. The standard InChI is InChI=1S/C22H25BN2O3/c1-23(26)16-5-7-22(28-12-9-17-3-2-11-27-17)19(14-16)15-4-6-18-20(24)8-10-25-21(18)13-15/h4-8,10,13-14,17,26H,2-3,9,11-12H2,1H3,(H2,24,25). The average Bonchev–Trinajstić information content (AvgIpc) is 3.21. The Bertz CT molecular complexity index is 971. The molecule has 3 aromatic rings. The van der Waals surface area contributed by atoms with Crippen LogP contribution in [0, 0.1) is 0 Å². The molecule has 1 fully saturated rings. The Morgan fingerprint density at radius 2 is 2.14 bits per heavy atom. The Morgan fingerprint density at radius 1 is 1.25 bits per heavy atom. The molecular formula is C22H25BN2O3. The van der Waals surface area contributed by atoms with Gasteiger partial charge in [0.1, 0.15) is 5.75 Å². The largest absolute Gasteiger partial charge is 0.493 e. The summed E-state index contributed by atoms with van der Waals surface area (Å²) in [6.45, 7) is 2.67. The lowest BCUT2D eigenvalue weighted by molar-refractivity contribution is 0.0904. The van der Waals surface area contributed by atoms with Crippen LogP contribution in [0.15, 0.2) is 48.7 Å². The molecule has 5 nitrogen and oxygen atoms in total. The minimum Gasteiger partial charge on any atom is -0.493 e. The highest BCUT2D eigenvalue weighted by molar-refractivity contribution is 6.64. The predicted octanol–water partition coefficient (Wildman–Crippen LogP) is 3.25. The SMILES string of the molecule is CB(O)c1ccc(OCCC2CCCO2)c(-c2ccc3c(N)ccnc3c2)c1. The highest BCUT2D eigenvalue weighted by Gasteiger charge is 2.17. The molecule has 1 atom stereocenters. The number of nitrogens with two attached hydrogens (primary N) is 1. The average molecular weight is 376 g/mol. The van der Waals surface area contributed by atoms with Crippen molar-refractivity contribution in [3.63, 3.8) is 0 Å². The van der Waals surface area contributed by atoms with Gasteiger partial charge in [-0.1, -0.05) is 31.1 Å². The lowest BCUT2D eigenvalue weighted by atomic mass is 9.64. The van der Waals surface area contributed by atoms with Crippen molar-refractivity contribution in [3.05, 3.63) is 48.7 Å². The number of aromatic nitrogens is 1. The number of ether oxygens (including phenoxy) is 2. The summed E-state index contributed by atoms with van der Waals surface area (Å²) in [6.07, 6.45) is 5.13. The van der Waals surface area contributed by atoms with Crippen LogP contribution in [0.4, 0.5) is 5.69 Å². The van der Waals surface area contributed by atoms with Crippen LogP contribution in [-0.4, -0.2) is 36.2 Å². The van der Waals surface area contributed by atoms with E-state index >= 15 is 0 Å². The number of hydrogen-bond donors (Lipinski definition) is 2. The van der Waals surface area contributed by atoms with Gasteiger partial charge in [0.05, 0.1) is 18.2 Å². The van der Waals surface area contributed by atoms with Crippen molar-refractivity contribution in [2.24, 2.45) is 0 Å². The van der Waals surface area contributed by atoms with Crippen LogP contribution in [0.5, 0.6) is 5.75 Å². The summed E-state index contributed by atoms with van der Waals surface area (Å²) in [5, 5.41) is 11.0. The fraction of sp³-hybridized carbons (Fsp3) is 0.318. The Balaban J connectivity index is 1.65. The van der Waals surface area contributed by atoms with Crippen LogP contribution in [-0.2, 0) is 4.74 Å². The Labute approximate surface area is 165 Å². The van der Waals surface area contributed by atoms with Gasteiger partial charge >= 0.3 is 6.92 Å². The number of pyridine rings is 1. The fourth-order valence-electron chi connectivity index (χ4n) is 3.67. The van der Waals surface area contributed by atoms with E-state index in [9.17, 15) is 5.02 Å². The van der Waals surface area contributed by atoms with Crippen molar-refractivity contribution in [1.82, 2.24) is 4.98 Å². The molecule has 4 rings (SSSR count). The van der Waals surface area contributed by atoms with Crippen molar-refractivity contribution >= 4 is 29.0 Å². The normalized spacial score (nSPS) is 16.4. The number of anilines is 1. The van der Waals surface area contributed by atoms with Crippen LogP contribution in [0.3, 0.4) is 0 Å². The molecule has 1 aliphatic rings. The van der Waals surface area contributed by atoms with Crippen LogP contribution >= 0.6 is 0 Å². The number of benzene rings is 2. The topological polar surface area (TPSA) is 77.6 Å². The minimum atomic E-state index is -0.547. The molecule has 2 heterocycles. The second-order valence-corrected chi connectivity index (χ2v) is 7.34. The molecule has 0 bridgehead atoms. The zero-order chi connectivity index (χ0) is 19.5. The summed E-state index contributed by atoms with van der Waals surface area (Å²) in [5.74, 6) is 0.797. The number of fused-ring (bicyclic) bond motifs is 1. The van der Waals surface area contributed by atoms with Gasteiger partial charge in [-0.05, 0) is 42.1 Å². The lowest BCUT2D eigenvalue weighted by Gasteiger charge is -2.16. The molecule has 28 heavy (non-hydrogen) atoms. The number of nitrogens with zero attached hydrogens (tertiary/aromatic N) is 1. The van der Waals surface area contributed by atoms with Gasteiger partial charge in [-0.3, -0.25) is 4.98 Å². The van der Waals surface area contributed by atoms with Gasteiger partial charge in [-0.15, -0.1) is 0 Å². The first-order valence-corrected chi connectivity index (χ1v) is 9.83. The van der Waals surface area contributed by atoms with Crippen LogP contribution in [0.25, 0.3) is 22.0 Å². The van der Waals surface area contributed by atoms with E-state index in [1.807, 2.05) is 36.4 Å². The summed E-state index contributed by atoms with van der Waals surface area (Å²) in [7, 11) is 0. The lowest BCUT2D eigenvalue weighted by Crippen LogP contribution is -2.26. The van der Waals surface area contributed by atoms with E-state index in [4.69, 9.17) is 15.2 Å². The first-order chi connectivity index (χ1) is 13.6. The smallest absolute Gasteiger partial charge is 0.320 e. The van der Waals surface area contributed by atoms with E-state index < -0.39 is 6.92 Å². The van der Waals surface area contributed by atoms with Gasteiger partial charge in [0, 0.05) is 35.9 Å². The highest BCUT2D eigenvalue weighted by atomic mass is 16.5. The Hall–Kier alpha value is -2.57. The molecule has 144 valence electrons. The summed E-state index contributed by atoms with van der Waals surface area (Å²) in [4.78, 5) is 4.44. The summed E-state index contributed by atoms with van der Waals surface area (Å²) >= 11 is 0. The first-order valence-electron chi connectivity index (χ1n) is 9.83. The van der Waals surface area contributed by atoms with E-state index in [1.165, 1.54) is 0 Å². The molecule has 0 amide bonds. The van der Waals surface area contributed by atoms with E-state index in [2.05, 4.69) is 4.98 Å². The maximum atomic E-state index is 10.0. The van der Waals surface area contributed by atoms with Gasteiger partial charge in [0.25, 0.3) is 0 Å². The van der Waals surface area contributed by atoms with Crippen molar-refractivity contribution in [1.29, 1.82) is 0 Å². The number of rotatable bonds is 6. The highest BCUT2D eigenvalue weighted by Crippen LogP contribution is 2.32. The number of hydrogen-bond acceptors (Lipinski definition) is 5. The fourth-order valence-corrected chi connectivity index (χ4v) is 3.67. The van der Waals surface area contributed by atoms with Crippen molar-refractivity contribution < 1.29 is 14.5 Å². The molecule has 2 aromatic carbocycles. The van der Waals surface area contributed by atoms with Crippen molar-refractivity contribution in [3.8, 4) is 16.9 Å². The minimum absolute atomic E-state index is 0.299.